The minimum atomic E-state index is -0.139. The number of ketones is 1. The van der Waals surface area contributed by atoms with Gasteiger partial charge < -0.3 is 0 Å². The second kappa shape index (κ2) is 1.56. The van der Waals surface area contributed by atoms with Crippen molar-refractivity contribution < 1.29 is 4.79 Å². The van der Waals surface area contributed by atoms with Crippen LogP contribution in [0.2, 0.25) is 0 Å². The number of hydrogen-bond acceptors (Lipinski definition) is 3. The van der Waals surface area contributed by atoms with Gasteiger partial charge >= 0.3 is 47.6 Å². The van der Waals surface area contributed by atoms with Gasteiger partial charge in [-0.25, -0.2) is 0 Å². The molecule has 1 radical (unpaired) electrons. The molecule has 0 aliphatic carbocycles. The Bertz CT molecular complexity index is 160. The fraction of sp³-hybridized carbons (Fsp3) is 0. The summed E-state index contributed by atoms with van der Waals surface area (Å²) in [5.41, 5.74) is 0. The van der Waals surface area contributed by atoms with Gasteiger partial charge in [0.25, 0.3) is 0 Å². The fourth-order valence-electron chi connectivity index (χ4n) is 0.238. The molecule has 0 saturated heterocycles. The molecule has 0 amide bonds. The van der Waals surface area contributed by atoms with E-state index >= 15 is 0 Å². The molecule has 0 fully saturated rings. The summed E-state index contributed by atoms with van der Waals surface area (Å²) in [5.74, 6) is -0.139. The molecule has 0 atom stereocenters. The predicted molar refractivity (Wildman–Crippen MR) is 26.7 cm³/mol. The van der Waals surface area contributed by atoms with Gasteiger partial charge in [0.1, 0.15) is 0 Å². The van der Waals surface area contributed by atoms with Crippen LogP contribution in [-0.2, 0) is 4.79 Å². The van der Waals surface area contributed by atoms with E-state index in [1.54, 1.807) is 0 Å². The first-order valence-electron chi connectivity index (χ1n) is 1.63. The van der Waals surface area contributed by atoms with Gasteiger partial charge in [0.2, 0.25) is 0 Å². The van der Waals surface area contributed by atoms with Crippen molar-refractivity contribution in [2.75, 3.05) is 0 Å². The van der Waals surface area contributed by atoms with E-state index < -0.39 is 0 Å². The normalized spacial score (nSPS) is 17.7. The Morgan fingerprint density at radius 2 is 2.43 bits per heavy atom. The molecule has 0 aromatic rings. The first-order chi connectivity index (χ1) is 3.30. The monoisotopic (exact) mass is 161 g/mol. The van der Waals surface area contributed by atoms with E-state index in [0.717, 1.165) is 0 Å². The van der Waals surface area contributed by atoms with E-state index in [9.17, 15) is 4.79 Å². The molecule has 1 rings (SSSR count). The van der Waals surface area contributed by atoms with Crippen LogP contribution < -0.4 is 0 Å². The van der Waals surface area contributed by atoms with Crippen molar-refractivity contribution in [2.24, 2.45) is 10.2 Å². The van der Waals surface area contributed by atoms with Crippen LogP contribution >= 0.6 is 0 Å². The third-order valence-electron chi connectivity index (χ3n) is 0.534. The Labute approximate surface area is 48.3 Å². The molecule has 0 saturated carbocycles. The molecule has 1 aliphatic rings. The Balaban J connectivity index is 2.89. The number of Topliss-reactive ketones (excluding diaryl/α,β-unsaturated/α-hetero) is 1. The summed E-state index contributed by atoms with van der Waals surface area (Å²) < 4.78 is 0.347. The molecule has 1 heterocycles. The van der Waals surface area contributed by atoms with Gasteiger partial charge in [-0.2, -0.15) is 0 Å². The summed E-state index contributed by atoms with van der Waals surface area (Å²) in [5, 5.41) is 6.73. The molecule has 0 unspecified atom stereocenters. The Morgan fingerprint density at radius 3 is 2.57 bits per heavy atom. The quantitative estimate of drug-likeness (QED) is 0.424. The molecule has 0 spiro atoms. The van der Waals surface area contributed by atoms with Crippen molar-refractivity contribution in [1.29, 1.82) is 0 Å². The molecule has 3 nitrogen and oxygen atoms in total. The standard InChI is InChI=1S/C3HN2OSe/c6-2-1-4-5-3(2)7/h1H. The topological polar surface area (TPSA) is 41.8 Å². The second-order valence-electron chi connectivity index (χ2n) is 1.01. The number of nitrogens with zero attached hydrogens (tertiary/aromatic N) is 2. The van der Waals surface area contributed by atoms with E-state index in [-0.39, 0.29) is 5.78 Å². The molecule has 35 valence electrons. The van der Waals surface area contributed by atoms with E-state index in [2.05, 4.69) is 26.2 Å². The zero-order valence-electron chi connectivity index (χ0n) is 3.29. The van der Waals surface area contributed by atoms with Crippen molar-refractivity contribution in [3.63, 3.8) is 0 Å². The molecule has 0 N–H and O–H groups in total. The van der Waals surface area contributed by atoms with Crippen LogP contribution in [0.4, 0.5) is 0 Å². The summed E-state index contributed by atoms with van der Waals surface area (Å²) in [6, 6.07) is 0. The first kappa shape index (κ1) is 4.68. The summed E-state index contributed by atoms with van der Waals surface area (Å²) in [6.45, 7) is 0. The summed E-state index contributed by atoms with van der Waals surface area (Å²) >= 11 is 2.46. The Morgan fingerprint density at radius 1 is 1.71 bits per heavy atom. The number of rotatable bonds is 0. The van der Waals surface area contributed by atoms with Crippen LogP contribution in [0.25, 0.3) is 0 Å². The Kier molecular flexibility index (Phi) is 1.04. The molecule has 0 aromatic carbocycles. The fourth-order valence-corrected chi connectivity index (χ4v) is 0.448. The van der Waals surface area contributed by atoms with Crippen LogP contribution in [0.5, 0.6) is 0 Å². The number of carbonyl (C=O) groups excluding carboxylic acids is 1. The van der Waals surface area contributed by atoms with E-state index in [1.165, 1.54) is 6.21 Å². The third kappa shape index (κ3) is 0.759. The molecule has 1 aliphatic heterocycles. The summed E-state index contributed by atoms with van der Waals surface area (Å²) in [4.78, 5) is 10.3. The van der Waals surface area contributed by atoms with Gasteiger partial charge in [0.05, 0.1) is 0 Å². The molecule has 4 heteroatoms. The molecule has 7 heavy (non-hydrogen) atoms. The first-order valence-corrected chi connectivity index (χ1v) is 2.49. The van der Waals surface area contributed by atoms with Crippen molar-refractivity contribution in [3.8, 4) is 0 Å². The van der Waals surface area contributed by atoms with E-state index in [4.69, 9.17) is 0 Å². The zero-order chi connectivity index (χ0) is 5.28. The number of hydrogen-bond donors (Lipinski definition) is 0. The zero-order valence-corrected chi connectivity index (χ0v) is 5.00. The third-order valence-corrected chi connectivity index (χ3v) is 1.13. The van der Waals surface area contributed by atoms with Crippen molar-refractivity contribution in [2.45, 2.75) is 0 Å². The molecular weight excluding hydrogens is 159 g/mol. The predicted octanol–water partition coefficient (Wildman–Crippen LogP) is -0.878. The van der Waals surface area contributed by atoms with E-state index in [1.807, 2.05) is 0 Å². The van der Waals surface area contributed by atoms with Crippen LogP contribution in [0.3, 0.4) is 0 Å². The Hall–Kier alpha value is -0.471. The van der Waals surface area contributed by atoms with Gasteiger partial charge in [-0.3, -0.25) is 0 Å². The maximum atomic E-state index is 10.3. The average molecular weight is 160 g/mol. The van der Waals surface area contributed by atoms with Crippen LogP contribution in [0.1, 0.15) is 0 Å². The van der Waals surface area contributed by atoms with Crippen LogP contribution in [0, 0.1) is 0 Å². The molecular formula is C3HN2OSe. The number of carbonyl (C=O) groups is 1. The molecule has 0 aromatic heterocycles. The van der Waals surface area contributed by atoms with Gasteiger partial charge in [0, 0.05) is 0 Å². The average Bonchev–Trinajstić information content (AvgIpc) is 1.91. The summed E-state index contributed by atoms with van der Waals surface area (Å²) in [7, 11) is 0. The second-order valence-corrected chi connectivity index (χ2v) is 1.83. The van der Waals surface area contributed by atoms with Crippen LogP contribution in [-0.4, -0.2) is 32.6 Å². The van der Waals surface area contributed by atoms with Crippen LogP contribution in [0.15, 0.2) is 10.2 Å². The maximum absolute atomic E-state index is 10.3. The minimum absolute atomic E-state index is 0.139. The van der Waals surface area contributed by atoms with Crippen molar-refractivity contribution in [1.82, 2.24) is 0 Å². The SMILES string of the molecule is O=C1C=NN=C1[Se]. The van der Waals surface area contributed by atoms with Crippen molar-refractivity contribution >= 4 is 32.6 Å². The summed E-state index contributed by atoms with van der Waals surface area (Å²) in [6.07, 6.45) is 1.17. The molecule has 0 bridgehead atoms. The van der Waals surface area contributed by atoms with Gasteiger partial charge in [-0.15, -0.1) is 0 Å². The van der Waals surface area contributed by atoms with Gasteiger partial charge in [-0.1, -0.05) is 0 Å². The van der Waals surface area contributed by atoms with Gasteiger partial charge in [0.15, 0.2) is 0 Å². The van der Waals surface area contributed by atoms with Gasteiger partial charge in [-0.05, 0) is 0 Å². The van der Waals surface area contributed by atoms with Crippen molar-refractivity contribution in [3.05, 3.63) is 0 Å². The van der Waals surface area contributed by atoms with E-state index in [0.29, 0.717) is 4.61 Å².